The number of imide groups is 1. The Hall–Kier alpha value is -3.02. The molecule has 1 N–H and O–H groups in total. The van der Waals surface area contributed by atoms with Crippen LogP contribution in [0.15, 0.2) is 88.3 Å². The molecule has 0 spiro atoms. The summed E-state index contributed by atoms with van der Waals surface area (Å²) >= 11 is 7.42. The number of nitrogens with one attached hydrogen (secondary N) is 1. The van der Waals surface area contributed by atoms with E-state index in [1.807, 2.05) is 61.5 Å². The zero-order chi connectivity index (χ0) is 23.4. The molecule has 0 aliphatic carbocycles. The number of rotatable bonds is 8. The van der Waals surface area contributed by atoms with Gasteiger partial charge in [0, 0.05) is 15.6 Å². The maximum Gasteiger partial charge on any atom is 0.283 e. The van der Waals surface area contributed by atoms with Gasteiger partial charge in [-0.15, -0.1) is 0 Å². The van der Waals surface area contributed by atoms with Gasteiger partial charge in [-0.3, -0.25) is 9.59 Å². The summed E-state index contributed by atoms with van der Waals surface area (Å²) in [7, 11) is 0. The van der Waals surface area contributed by atoms with Crippen molar-refractivity contribution in [3.05, 3.63) is 99.5 Å². The van der Waals surface area contributed by atoms with Crippen molar-refractivity contribution in [1.82, 2.24) is 0 Å². The van der Waals surface area contributed by atoms with Gasteiger partial charge in [-0.05, 0) is 67.8 Å². The van der Waals surface area contributed by atoms with E-state index in [0.717, 1.165) is 29.7 Å². The van der Waals surface area contributed by atoms with Crippen LogP contribution >= 0.6 is 23.4 Å². The van der Waals surface area contributed by atoms with Crippen molar-refractivity contribution >= 4 is 46.6 Å². The van der Waals surface area contributed by atoms with Crippen molar-refractivity contribution < 1.29 is 9.59 Å². The van der Waals surface area contributed by atoms with E-state index in [4.69, 9.17) is 11.6 Å². The van der Waals surface area contributed by atoms with Crippen LogP contribution in [0.4, 0.5) is 11.4 Å². The van der Waals surface area contributed by atoms with Crippen LogP contribution in [-0.2, 0) is 16.0 Å². The second kappa shape index (κ2) is 10.3. The Bertz CT molecular complexity index is 1200. The lowest BCUT2D eigenvalue weighted by atomic mass is 10.1. The number of halogens is 1. The molecule has 0 fully saturated rings. The van der Waals surface area contributed by atoms with Crippen molar-refractivity contribution in [3.8, 4) is 0 Å². The zero-order valence-corrected chi connectivity index (χ0v) is 20.2. The first kappa shape index (κ1) is 23.1. The van der Waals surface area contributed by atoms with Gasteiger partial charge >= 0.3 is 0 Å². The minimum atomic E-state index is -0.379. The van der Waals surface area contributed by atoms with Gasteiger partial charge in [-0.2, -0.15) is 0 Å². The Kier molecular flexibility index (Phi) is 7.21. The van der Waals surface area contributed by atoms with Crippen molar-refractivity contribution in [2.75, 3.05) is 10.2 Å². The molecule has 0 aromatic heterocycles. The molecule has 6 heteroatoms. The maximum atomic E-state index is 13.5. The van der Waals surface area contributed by atoms with Crippen LogP contribution in [0.5, 0.6) is 0 Å². The number of carbonyl (C=O) groups excluding carboxylic acids is 2. The van der Waals surface area contributed by atoms with E-state index in [9.17, 15) is 9.59 Å². The quantitative estimate of drug-likeness (QED) is 0.356. The van der Waals surface area contributed by atoms with E-state index in [0.29, 0.717) is 21.3 Å². The van der Waals surface area contributed by atoms with E-state index >= 15 is 0 Å². The van der Waals surface area contributed by atoms with Crippen LogP contribution in [0.25, 0.3) is 0 Å². The lowest BCUT2D eigenvalue weighted by molar-refractivity contribution is -0.120. The van der Waals surface area contributed by atoms with Gasteiger partial charge in [0.15, 0.2) is 0 Å². The highest BCUT2D eigenvalue weighted by Crippen LogP contribution is 2.38. The molecule has 168 valence electrons. The number of unbranched alkanes of at least 4 members (excludes halogenated alkanes) is 1. The van der Waals surface area contributed by atoms with Gasteiger partial charge in [0.1, 0.15) is 10.6 Å². The van der Waals surface area contributed by atoms with E-state index in [-0.39, 0.29) is 17.5 Å². The van der Waals surface area contributed by atoms with Crippen LogP contribution in [-0.4, -0.2) is 11.8 Å². The fourth-order valence-electron chi connectivity index (χ4n) is 3.58. The number of anilines is 2. The Morgan fingerprint density at radius 2 is 1.67 bits per heavy atom. The predicted octanol–water partition coefficient (Wildman–Crippen LogP) is 6.98. The normalized spacial score (nSPS) is 13.7. The zero-order valence-electron chi connectivity index (χ0n) is 18.6. The smallest absolute Gasteiger partial charge is 0.283 e. The number of carbonyl (C=O) groups is 2. The minimum absolute atomic E-state index is 0.253. The number of hydrogen-bond donors (Lipinski definition) is 1. The minimum Gasteiger partial charge on any atom is -0.350 e. The van der Waals surface area contributed by atoms with Gasteiger partial charge in [-0.1, -0.05) is 72.6 Å². The number of benzene rings is 3. The Morgan fingerprint density at radius 3 is 2.33 bits per heavy atom. The van der Waals surface area contributed by atoms with Gasteiger partial charge in [-0.25, -0.2) is 4.90 Å². The molecule has 3 aromatic rings. The second-order valence-corrected chi connectivity index (χ2v) is 9.49. The Labute approximate surface area is 203 Å². The molecule has 1 heterocycles. The standard InChI is InChI=1S/C27H25ClN2O2S/c1-3-4-6-19-11-13-22(14-12-19)30-26(31)24(29-21-8-5-7-20(28)17-21)25(27(30)32)33-23-15-9-18(2)10-16-23/h5,7-17,29H,3-4,6H2,1-2H3. The summed E-state index contributed by atoms with van der Waals surface area (Å²) in [6.45, 7) is 4.17. The molecular formula is C27H25ClN2O2S. The lowest BCUT2D eigenvalue weighted by Crippen LogP contribution is -2.32. The average Bonchev–Trinajstić information content (AvgIpc) is 3.03. The van der Waals surface area contributed by atoms with Crippen molar-refractivity contribution in [1.29, 1.82) is 0 Å². The highest BCUT2D eigenvalue weighted by Gasteiger charge is 2.40. The summed E-state index contributed by atoms with van der Waals surface area (Å²) in [6, 6.07) is 22.6. The Morgan fingerprint density at radius 1 is 0.939 bits per heavy atom. The first-order chi connectivity index (χ1) is 16.0. The molecule has 33 heavy (non-hydrogen) atoms. The van der Waals surface area contributed by atoms with Gasteiger partial charge in [0.2, 0.25) is 0 Å². The number of amides is 2. The van der Waals surface area contributed by atoms with E-state index in [2.05, 4.69) is 12.2 Å². The highest BCUT2D eigenvalue weighted by atomic mass is 35.5. The number of aryl methyl sites for hydroxylation is 2. The van der Waals surface area contributed by atoms with Crippen LogP contribution in [0.1, 0.15) is 30.9 Å². The molecule has 3 aromatic carbocycles. The monoisotopic (exact) mass is 476 g/mol. The third-order valence-electron chi connectivity index (χ3n) is 5.39. The summed E-state index contributed by atoms with van der Waals surface area (Å²) in [5.41, 5.74) is 3.79. The van der Waals surface area contributed by atoms with Crippen LogP contribution < -0.4 is 10.2 Å². The molecule has 2 amide bonds. The van der Waals surface area contributed by atoms with Gasteiger partial charge < -0.3 is 5.32 Å². The molecule has 0 atom stereocenters. The topological polar surface area (TPSA) is 49.4 Å². The SMILES string of the molecule is CCCCc1ccc(N2C(=O)C(Nc3cccc(Cl)c3)=C(Sc3ccc(C)cc3)C2=O)cc1. The summed E-state index contributed by atoms with van der Waals surface area (Å²) in [6.07, 6.45) is 3.20. The second-order valence-electron chi connectivity index (χ2n) is 7.97. The first-order valence-corrected chi connectivity index (χ1v) is 12.1. The number of nitrogens with zero attached hydrogens (tertiary/aromatic N) is 1. The maximum absolute atomic E-state index is 13.5. The molecule has 1 aliphatic rings. The summed E-state index contributed by atoms with van der Waals surface area (Å²) in [5.74, 6) is -0.715. The van der Waals surface area contributed by atoms with Gasteiger partial charge in [0.05, 0.1) is 5.69 Å². The van der Waals surface area contributed by atoms with Crippen molar-refractivity contribution in [2.24, 2.45) is 0 Å². The van der Waals surface area contributed by atoms with Crippen LogP contribution in [0, 0.1) is 6.92 Å². The third kappa shape index (κ3) is 5.32. The molecule has 0 saturated heterocycles. The number of thioether (sulfide) groups is 1. The van der Waals surface area contributed by atoms with Gasteiger partial charge in [0.25, 0.3) is 11.8 Å². The van der Waals surface area contributed by atoms with E-state index < -0.39 is 0 Å². The molecule has 0 bridgehead atoms. The molecule has 4 rings (SSSR count). The molecule has 0 radical (unpaired) electrons. The Balaban J connectivity index is 1.67. The largest absolute Gasteiger partial charge is 0.350 e. The first-order valence-electron chi connectivity index (χ1n) is 11.0. The summed E-state index contributed by atoms with van der Waals surface area (Å²) in [5, 5.41) is 3.69. The molecule has 1 aliphatic heterocycles. The third-order valence-corrected chi connectivity index (χ3v) is 6.72. The fourth-order valence-corrected chi connectivity index (χ4v) is 4.69. The van der Waals surface area contributed by atoms with E-state index in [1.54, 1.807) is 18.2 Å². The lowest BCUT2D eigenvalue weighted by Gasteiger charge is -2.16. The molecule has 0 saturated carbocycles. The highest BCUT2D eigenvalue weighted by molar-refractivity contribution is 8.04. The van der Waals surface area contributed by atoms with Crippen molar-refractivity contribution in [2.45, 2.75) is 38.0 Å². The average molecular weight is 477 g/mol. The van der Waals surface area contributed by atoms with E-state index in [1.165, 1.54) is 22.2 Å². The molecular weight excluding hydrogens is 452 g/mol. The molecule has 4 nitrogen and oxygen atoms in total. The number of hydrogen-bond acceptors (Lipinski definition) is 4. The molecule has 0 unspecified atom stereocenters. The van der Waals surface area contributed by atoms with Crippen molar-refractivity contribution in [3.63, 3.8) is 0 Å². The predicted molar refractivity (Wildman–Crippen MR) is 137 cm³/mol. The fraction of sp³-hybridized carbons (Fsp3) is 0.185. The summed E-state index contributed by atoms with van der Waals surface area (Å²) < 4.78 is 0. The van der Waals surface area contributed by atoms with Crippen LogP contribution in [0.3, 0.4) is 0 Å². The summed E-state index contributed by atoms with van der Waals surface area (Å²) in [4.78, 5) is 29.4. The van der Waals surface area contributed by atoms with Crippen LogP contribution in [0.2, 0.25) is 5.02 Å².